The second kappa shape index (κ2) is 15.3. The predicted molar refractivity (Wildman–Crippen MR) is 128 cm³/mol. The van der Waals surface area contributed by atoms with E-state index >= 15 is 0 Å². The van der Waals surface area contributed by atoms with Crippen LogP contribution in [0.15, 0.2) is 24.3 Å². The Hall–Kier alpha value is -0.793. The Bertz CT molecular complexity index is 653. The van der Waals surface area contributed by atoms with Gasteiger partial charge in [0.05, 0.1) is 24.7 Å². The van der Waals surface area contributed by atoms with E-state index in [4.69, 9.17) is 9.47 Å². The average Bonchev–Trinajstić information content (AvgIpc) is 3.31. The van der Waals surface area contributed by atoms with Gasteiger partial charge < -0.3 is 33.2 Å². The number of hydrogen-bond donors (Lipinski definition) is 0. The SMILES string of the molecule is CC1CC[C@@H]2C(CO1)[C@H]([C@@H](C)[C@H]([O-])Oc1ccc([C-]=O)cc1)CC[C@H]2C.[CH-]1CCCC1.[CH3-].[Li+]. The first-order valence-electron chi connectivity index (χ1n) is 12.2. The fraction of sp³-hybridized carbons (Fsp3) is 0.679. The summed E-state index contributed by atoms with van der Waals surface area (Å²) in [4.78, 5) is 10.6. The van der Waals surface area contributed by atoms with E-state index in [1.807, 2.05) is 13.2 Å². The van der Waals surface area contributed by atoms with Crippen LogP contribution in [0.2, 0.25) is 0 Å². The molecule has 2 aliphatic carbocycles. The van der Waals surface area contributed by atoms with E-state index in [9.17, 15) is 9.90 Å². The predicted octanol–water partition coefficient (Wildman–Crippen LogP) is 2.54. The summed E-state index contributed by atoms with van der Waals surface area (Å²) in [6, 6.07) is 6.58. The van der Waals surface area contributed by atoms with Crippen molar-refractivity contribution in [2.75, 3.05) is 6.61 Å². The second-order valence-electron chi connectivity index (χ2n) is 9.81. The molecule has 0 bridgehead atoms. The summed E-state index contributed by atoms with van der Waals surface area (Å²) in [5, 5.41) is 12.8. The summed E-state index contributed by atoms with van der Waals surface area (Å²) < 4.78 is 11.7. The summed E-state index contributed by atoms with van der Waals surface area (Å²) in [6.07, 6.45) is 13.6. The van der Waals surface area contributed by atoms with E-state index in [1.165, 1.54) is 38.5 Å². The molecule has 1 aromatic rings. The van der Waals surface area contributed by atoms with Gasteiger partial charge in [0.1, 0.15) is 0 Å². The smallest absolute Gasteiger partial charge is 0.821 e. The Morgan fingerprint density at radius 2 is 1.73 bits per heavy atom. The Balaban J connectivity index is 0.000000689. The molecule has 33 heavy (non-hydrogen) atoms. The van der Waals surface area contributed by atoms with Crippen LogP contribution >= 0.6 is 0 Å². The maximum atomic E-state index is 12.8. The summed E-state index contributed by atoms with van der Waals surface area (Å²) in [5.74, 6) is 2.58. The minimum absolute atomic E-state index is 0. The minimum atomic E-state index is -1.11. The molecule has 2 saturated carbocycles. The van der Waals surface area contributed by atoms with Crippen LogP contribution in [0, 0.1) is 43.4 Å². The standard InChI is InChI=1S/C22H30O4.C5H9.CH3.Li/c1-14-4-10-20(21-13-25-15(2)5-11-19(14)21)16(3)22(24)26-18-8-6-17(12-23)7-9-18;1-2-4-5-3-1;;/h6-9,14-16,19-22H,4-5,10-11,13H2,1-3H3;1H,2-5H2;1H3;/q-2;2*-1;+1/t14-,15?,16-,19+,20+,21?,22-;;;/m1.../s1. The Morgan fingerprint density at radius 1 is 1.06 bits per heavy atom. The number of hydrogen-bond acceptors (Lipinski definition) is 4. The van der Waals surface area contributed by atoms with Gasteiger partial charge in [-0.25, -0.2) is 0 Å². The minimum Gasteiger partial charge on any atom is -0.821 e. The maximum Gasteiger partial charge on any atom is 1.00 e. The van der Waals surface area contributed by atoms with Crippen LogP contribution < -0.4 is 28.7 Å². The molecular weight excluding hydrogens is 407 g/mol. The normalized spacial score (nSPS) is 30.6. The molecule has 1 aliphatic heterocycles. The van der Waals surface area contributed by atoms with Gasteiger partial charge in [0, 0.05) is 6.29 Å². The van der Waals surface area contributed by atoms with E-state index in [0.717, 1.165) is 19.4 Å². The van der Waals surface area contributed by atoms with E-state index in [2.05, 4.69) is 20.3 Å². The zero-order valence-corrected chi connectivity index (χ0v) is 21.4. The van der Waals surface area contributed by atoms with Gasteiger partial charge in [-0.1, -0.05) is 45.2 Å². The van der Waals surface area contributed by atoms with Crippen LogP contribution in [-0.2, 0) is 9.53 Å². The topological polar surface area (TPSA) is 58.6 Å². The van der Waals surface area contributed by atoms with Gasteiger partial charge in [0.2, 0.25) is 0 Å². The van der Waals surface area contributed by atoms with Crippen LogP contribution in [0.3, 0.4) is 0 Å². The number of fused-ring (bicyclic) bond motifs is 1. The maximum absolute atomic E-state index is 12.8. The van der Waals surface area contributed by atoms with Gasteiger partial charge in [-0.05, 0) is 55.8 Å². The molecule has 0 amide bonds. The van der Waals surface area contributed by atoms with E-state index in [-0.39, 0.29) is 32.2 Å². The molecule has 2 unspecified atom stereocenters. The molecule has 0 spiro atoms. The Morgan fingerprint density at radius 3 is 2.30 bits per heavy atom. The molecule has 4 rings (SSSR count). The van der Waals surface area contributed by atoms with Crippen LogP contribution in [-0.4, -0.2) is 25.3 Å². The van der Waals surface area contributed by atoms with Crippen molar-refractivity contribution < 1.29 is 38.2 Å². The first-order valence-corrected chi connectivity index (χ1v) is 12.2. The fourth-order valence-electron chi connectivity index (χ4n) is 5.57. The van der Waals surface area contributed by atoms with Gasteiger partial charge >= 0.3 is 18.9 Å². The fourth-order valence-corrected chi connectivity index (χ4v) is 5.57. The first-order chi connectivity index (χ1) is 15.0. The monoisotopic (exact) mass is 449 g/mol. The van der Waals surface area contributed by atoms with Crippen LogP contribution in [0.5, 0.6) is 5.75 Å². The molecule has 7 atom stereocenters. The molecule has 182 valence electrons. The molecule has 0 N–H and O–H groups in total. The summed E-state index contributed by atoms with van der Waals surface area (Å²) >= 11 is 0. The quantitative estimate of drug-likeness (QED) is 0.394. The third kappa shape index (κ3) is 8.73. The number of carbonyl (C=O) groups excluding carboxylic acids is 1. The van der Waals surface area contributed by atoms with Crippen molar-refractivity contribution in [3.63, 3.8) is 0 Å². The second-order valence-corrected chi connectivity index (χ2v) is 9.81. The van der Waals surface area contributed by atoms with Gasteiger partial charge in [-0.2, -0.15) is 30.5 Å². The third-order valence-electron chi connectivity index (χ3n) is 7.66. The van der Waals surface area contributed by atoms with Crippen LogP contribution in [0.25, 0.3) is 0 Å². The van der Waals surface area contributed by atoms with Crippen molar-refractivity contribution in [1.29, 1.82) is 0 Å². The van der Waals surface area contributed by atoms with Crippen molar-refractivity contribution in [3.05, 3.63) is 43.7 Å². The van der Waals surface area contributed by atoms with Crippen molar-refractivity contribution >= 4 is 6.29 Å². The van der Waals surface area contributed by atoms with Crippen LogP contribution in [0.1, 0.15) is 77.7 Å². The molecule has 3 fully saturated rings. The van der Waals surface area contributed by atoms with E-state index in [0.29, 0.717) is 41.1 Å². The molecule has 1 aromatic carbocycles. The molecule has 1 saturated heterocycles. The molecule has 0 aromatic heterocycles. The first kappa shape index (κ1) is 30.2. The third-order valence-corrected chi connectivity index (χ3v) is 7.66. The summed E-state index contributed by atoms with van der Waals surface area (Å²) in [6.45, 7) is 7.30. The largest absolute Gasteiger partial charge is 1.00 e. The number of benzene rings is 1. The van der Waals surface area contributed by atoms with Gasteiger partial charge in [0.15, 0.2) is 0 Å². The molecule has 3 aliphatic rings. The Kier molecular flexibility index (Phi) is 14.0. The molecular formula is C28H42LiO4-3. The van der Waals surface area contributed by atoms with Gasteiger partial charge in [-0.3, -0.25) is 0 Å². The number of rotatable bonds is 5. The molecule has 0 radical (unpaired) electrons. The average molecular weight is 450 g/mol. The van der Waals surface area contributed by atoms with Gasteiger partial charge in [0.25, 0.3) is 0 Å². The van der Waals surface area contributed by atoms with E-state index in [1.54, 1.807) is 24.3 Å². The molecule has 5 heteroatoms. The van der Waals surface area contributed by atoms with Crippen LogP contribution in [0.4, 0.5) is 0 Å². The van der Waals surface area contributed by atoms with Crippen molar-refractivity contribution in [2.24, 2.45) is 29.6 Å². The summed E-state index contributed by atoms with van der Waals surface area (Å²) in [7, 11) is 0. The van der Waals surface area contributed by atoms with Crippen molar-refractivity contribution in [1.82, 2.24) is 0 Å². The van der Waals surface area contributed by atoms with Crippen molar-refractivity contribution in [3.8, 4) is 5.75 Å². The zero-order valence-electron chi connectivity index (χ0n) is 21.4. The van der Waals surface area contributed by atoms with Gasteiger partial charge in [-0.15, -0.1) is 0 Å². The van der Waals surface area contributed by atoms with E-state index < -0.39 is 6.29 Å². The molecule has 4 nitrogen and oxygen atoms in total. The summed E-state index contributed by atoms with van der Waals surface area (Å²) in [5.41, 5.74) is 0.460. The van der Waals surface area contributed by atoms with Crippen molar-refractivity contribution in [2.45, 2.75) is 84.5 Å². The Labute approximate surface area is 214 Å². The number of ether oxygens (including phenoxy) is 2. The molecule has 1 heterocycles. The zero-order chi connectivity index (χ0) is 22.2.